The van der Waals surface area contributed by atoms with Gasteiger partial charge in [-0.15, -0.1) is 0 Å². The van der Waals surface area contributed by atoms with Crippen molar-refractivity contribution in [2.45, 2.75) is 37.8 Å². The van der Waals surface area contributed by atoms with E-state index in [0.717, 1.165) is 63.2 Å². The summed E-state index contributed by atoms with van der Waals surface area (Å²) in [4.78, 5) is 0.355. The van der Waals surface area contributed by atoms with E-state index in [0.29, 0.717) is 18.0 Å². The highest BCUT2D eigenvalue weighted by Crippen LogP contribution is 2.20. The average molecular weight is 431 g/mol. The zero-order chi connectivity index (χ0) is 21.2. The average Bonchev–Trinajstić information content (AvgIpc) is 2.74. The molecule has 0 saturated carbocycles. The van der Waals surface area contributed by atoms with Crippen LogP contribution in [0.2, 0.25) is 0 Å². The van der Waals surface area contributed by atoms with Crippen LogP contribution in [0.1, 0.15) is 29.5 Å². The monoisotopic (exact) mass is 430 g/mol. The molecule has 6 nitrogen and oxygen atoms in total. The van der Waals surface area contributed by atoms with Crippen molar-refractivity contribution in [3.8, 4) is 0 Å². The van der Waals surface area contributed by atoms with E-state index in [1.54, 1.807) is 16.4 Å². The van der Waals surface area contributed by atoms with Crippen LogP contribution in [0.4, 0.5) is 0 Å². The van der Waals surface area contributed by atoms with Gasteiger partial charge < -0.3 is 16.0 Å². The number of fused-ring (bicyclic) bond motifs is 15. The van der Waals surface area contributed by atoms with Gasteiger partial charge in [-0.05, 0) is 62.7 Å². The molecule has 0 saturated heterocycles. The molecule has 164 valence electrons. The second kappa shape index (κ2) is 11.6. The van der Waals surface area contributed by atoms with Crippen molar-refractivity contribution < 1.29 is 8.42 Å². The quantitative estimate of drug-likeness (QED) is 0.682. The molecule has 2 heterocycles. The molecule has 0 aromatic heterocycles. The first kappa shape index (κ1) is 22.9. The zero-order valence-electron chi connectivity index (χ0n) is 17.9. The smallest absolute Gasteiger partial charge is 0.243 e. The number of rotatable bonds is 2. The number of nitrogens with one attached hydrogen (secondary N) is 3. The number of benzene rings is 2. The van der Waals surface area contributed by atoms with Gasteiger partial charge >= 0.3 is 0 Å². The van der Waals surface area contributed by atoms with E-state index < -0.39 is 10.0 Å². The molecule has 4 rings (SSSR count). The summed E-state index contributed by atoms with van der Waals surface area (Å²) in [5.41, 5.74) is 3.27. The van der Waals surface area contributed by atoms with E-state index in [1.165, 1.54) is 5.56 Å². The molecule has 0 aliphatic carbocycles. The van der Waals surface area contributed by atoms with Crippen LogP contribution < -0.4 is 16.0 Å². The number of hydrogen-bond donors (Lipinski definition) is 3. The maximum atomic E-state index is 13.3. The predicted octanol–water partition coefficient (Wildman–Crippen LogP) is 2.25. The summed E-state index contributed by atoms with van der Waals surface area (Å²) in [7, 11) is -3.55. The third-order valence-corrected chi connectivity index (χ3v) is 7.18. The van der Waals surface area contributed by atoms with Gasteiger partial charge in [0.25, 0.3) is 0 Å². The first-order valence-electron chi connectivity index (χ1n) is 10.8. The molecule has 2 aromatic carbocycles. The molecule has 30 heavy (non-hydrogen) atoms. The Morgan fingerprint density at radius 1 is 0.733 bits per heavy atom. The first-order valence-corrected chi connectivity index (χ1v) is 12.3. The number of sulfonamides is 1. The van der Waals surface area contributed by atoms with E-state index in [-0.39, 0.29) is 0 Å². The Morgan fingerprint density at radius 2 is 1.33 bits per heavy atom. The Morgan fingerprint density at radius 3 is 2.03 bits per heavy atom. The minimum absolute atomic E-state index is 0.355. The molecule has 0 spiro atoms. The second-order valence-corrected chi connectivity index (χ2v) is 9.79. The standard InChI is InChI=1S/C23H34N4O2S/c1-20-4-10-23(11-5-20)30(28,29)27-17-3-14-25-16-15-24-12-2-13-26-18-21-6-8-22(19-27)9-7-21/h4-11,24-26H,2-3,12-19H2,1H3. The molecule has 2 aromatic rings. The van der Waals surface area contributed by atoms with Crippen molar-refractivity contribution in [1.29, 1.82) is 0 Å². The van der Waals surface area contributed by atoms with Crippen LogP contribution in [0.5, 0.6) is 0 Å². The van der Waals surface area contributed by atoms with Gasteiger partial charge in [-0.2, -0.15) is 4.31 Å². The molecule has 0 fully saturated rings. The predicted molar refractivity (Wildman–Crippen MR) is 122 cm³/mol. The lowest BCUT2D eigenvalue weighted by molar-refractivity contribution is 0.395. The molecule has 2 bridgehead atoms. The van der Waals surface area contributed by atoms with Crippen LogP contribution in [0.25, 0.3) is 0 Å². The molecule has 7 heteroatoms. The van der Waals surface area contributed by atoms with Gasteiger partial charge in [0.15, 0.2) is 0 Å². The van der Waals surface area contributed by atoms with Crippen molar-refractivity contribution in [2.24, 2.45) is 0 Å². The van der Waals surface area contributed by atoms with Crippen molar-refractivity contribution in [3.63, 3.8) is 0 Å². The van der Waals surface area contributed by atoms with Gasteiger partial charge in [-0.1, -0.05) is 42.0 Å². The van der Waals surface area contributed by atoms with Gasteiger partial charge in [0.1, 0.15) is 0 Å². The lowest BCUT2D eigenvalue weighted by Gasteiger charge is -2.23. The number of hydrogen-bond acceptors (Lipinski definition) is 5. The van der Waals surface area contributed by atoms with E-state index in [9.17, 15) is 8.42 Å². The van der Waals surface area contributed by atoms with Crippen LogP contribution in [0, 0.1) is 6.92 Å². The largest absolute Gasteiger partial charge is 0.315 e. The van der Waals surface area contributed by atoms with E-state index in [2.05, 4.69) is 28.1 Å². The van der Waals surface area contributed by atoms with Crippen LogP contribution in [-0.4, -0.2) is 52.0 Å². The minimum Gasteiger partial charge on any atom is -0.315 e. The maximum Gasteiger partial charge on any atom is 0.243 e. The Balaban J connectivity index is 1.77. The summed E-state index contributed by atoms with van der Waals surface area (Å²) in [6.45, 7) is 8.23. The molecule has 0 radical (unpaired) electrons. The molecule has 0 atom stereocenters. The number of aryl methyl sites for hydroxylation is 1. The highest BCUT2D eigenvalue weighted by atomic mass is 32.2. The van der Waals surface area contributed by atoms with Crippen LogP contribution in [0.15, 0.2) is 53.4 Å². The molecular weight excluding hydrogens is 396 g/mol. The summed E-state index contributed by atoms with van der Waals surface area (Å²) in [5, 5.41) is 10.3. The molecule has 0 amide bonds. The lowest BCUT2D eigenvalue weighted by Crippen LogP contribution is -2.34. The Hall–Kier alpha value is -1.77. The Bertz CT molecular complexity index is 867. The van der Waals surface area contributed by atoms with Crippen molar-refractivity contribution >= 4 is 10.0 Å². The highest BCUT2D eigenvalue weighted by Gasteiger charge is 2.24. The summed E-state index contributed by atoms with van der Waals surface area (Å²) < 4.78 is 28.2. The third-order valence-electron chi connectivity index (χ3n) is 5.32. The highest BCUT2D eigenvalue weighted by molar-refractivity contribution is 7.89. The van der Waals surface area contributed by atoms with Crippen molar-refractivity contribution in [2.75, 3.05) is 39.3 Å². The van der Waals surface area contributed by atoms with Crippen LogP contribution in [-0.2, 0) is 23.1 Å². The molecule has 2 aliphatic rings. The molecule has 2 aliphatic heterocycles. The summed E-state index contributed by atoms with van der Waals surface area (Å²) in [6.07, 6.45) is 1.87. The summed E-state index contributed by atoms with van der Waals surface area (Å²) >= 11 is 0. The third kappa shape index (κ3) is 6.89. The van der Waals surface area contributed by atoms with E-state index in [4.69, 9.17) is 0 Å². The molecule has 0 unspecified atom stereocenters. The fourth-order valence-electron chi connectivity index (χ4n) is 3.49. The Labute approximate surface area is 181 Å². The fraction of sp³-hybridized carbons (Fsp3) is 0.478. The SMILES string of the molecule is Cc1ccc(S(=O)(=O)N2CCCNCCNCCCNCc3ccc(cc3)C2)cc1. The van der Waals surface area contributed by atoms with E-state index in [1.807, 2.05) is 31.2 Å². The fourth-order valence-corrected chi connectivity index (χ4v) is 4.95. The van der Waals surface area contributed by atoms with Crippen LogP contribution in [0.3, 0.4) is 0 Å². The van der Waals surface area contributed by atoms with Gasteiger partial charge in [0.05, 0.1) is 4.90 Å². The first-order chi connectivity index (χ1) is 14.6. The van der Waals surface area contributed by atoms with Crippen molar-refractivity contribution in [1.82, 2.24) is 20.3 Å². The van der Waals surface area contributed by atoms with Gasteiger partial charge in [-0.25, -0.2) is 8.42 Å². The van der Waals surface area contributed by atoms with Crippen LogP contribution >= 0.6 is 0 Å². The van der Waals surface area contributed by atoms with E-state index >= 15 is 0 Å². The minimum atomic E-state index is -3.55. The summed E-state index contributed by atoms with van der Waals surface area (Å²) in [6, 6.07) is 15.4. The van der Waals surface area contributed by atoms with Gasteiger partial charge in [0.2, 0.25) is 10.0 Å². The maximum absolute atomic E-state index is 13.3. The number of nitrogens with zero attached hydrogens (tertiary/aromatic N) is 1. The van der Waals surface area contributed by atoms with Gasteiger partial charge in [0, 0.05) is 32.7 Å². The summed E-state index contributed by atoms with van der Waals surface area (Å²) in [5.74, 6) is 0. The Kier molecular flexibility index (Phi) is 8.84. The molecular formula is C23H34N4O2S. The molecule has 3 N–H and O–H groups in total. The van der Waals surface area contributed by atoms with Crippen molar-refractivity contribution in [3.05, 3.63) is 65.2 Å². The normalized spacial score (nSPS) is 18.6. The topological polar surface area (TPSA) is 73.5 Å². The van der Waals surface area contributed by atoms with Gasteiger partial charge in [-0.3, -0.25) is 0 Å². The second-order valence-electron chi connectivity index (χ2n) is 7.85. The lowest BCUT2D eigenvalue weighted by atomic mass is 10.1. The zero-order valence-corrected chi connectivity index (χ0v) is 18.7.